The Morgan fingerprint density at radius 1 is 0.885 bits per heavy atom. The van der Waals surface area contributed by atoms with Crippen molar-refractivity contribution in [2.24, 2.45) is 5.92 Å². The summed E-state index contributed by atoms with van der Waals surface area (Å²) in [5.41, 5.74) is 0. The summed E-state index contributed by atoms with van der Waals surface area (Å²) >= 11 is 0. The third-order valence-electron chi connectivity index (χ3n) is 4.05. The molecule has 10 nitrogen and oxygen atoms in total. The number of hydrogen-bond acceptors (Lipinski definition) is 7. The molecule has 0 aliphatic heterocycles. The number of carbonyl (C=O) groups is 4. The molecule has 0 aromatic rings. The average molecular weight is 390 g/mol. The first-order valence-electron chi connectivity index (χ1n) is 7.54. The minimum atomic E-state index is -1.54. The van der Waals surface area contributed by atoms with Crippen LogP contribution in [0, 0.1) is 5.92 Å². The van der Waals surface area contributed by atoms with Gasteiger partial charge in [0, 0.05) is 19.1 Å². The van der Waals surface area contributed by atoms with Gasteiger partial charge in [0.15, 0.2) is 0 Å². The molecule has 2 atom stereocenters. The Balaban J connectivity index is 0. The molecule has 1 saturated carbocycles. The molecule has 1 fully saturated rings. The van der Waals surface area contributed by atoms with E-state index in [1.54, 1.807) is 0 Å². The fourth-order valence-electron chi connectivity index (χ4n) is 3.16. The number of aliphatic carboxylic acids is 3. The number of amides is 1. The van der Waals surface area contributed by atoms with Crippen LogP contribution in [0.4, 0.5) is 4.79 Å². The monoisotopic (exact) mass is 390 g/mol. The zero-order valence-corrected chi connectivity index (χ0v) is 19.0. The Hall–Kier alpha value is -0.360. The van der Waals surface area contributed by atoms with Gasteiger partial charge < -0.3 is 34.9 Å². The molecule has 136 valence electrons. The van der Waals surface area contributed by atoms with Gasteiger partial charge in [0.05, 0.1) is 25.0 Å². The molecule has 26 heavy (non-hydrogen) atoms. The van der Waals surface area contributed by atoms with Crippen molar-refractivity contribution in [1.82, 2.24) is 9.80 Å². The van der Waals surface area contributed by atoms with Gasteiger partial charge in [0.25, 0.3) is 0 Å². The molecule has 0 spiro atoms. The first-order chi connectivity index (χ1) is 11.2. The van der Waals surface area contributed by atoms with Crippen LogP contribution >= 0.6 is 0 Å². The fourth-order valence-corrected chi connectivity index (χ4v) is 3.16. The molecule has 0 radical (unpaired) electrons. The quantitative estimate of drug-likeness (QED) is 0.364. The second-order valence-electron chi connectivity index (χ2n) is 5.82. The number of carboxylic acid groups (broad SMARTS) is 4. The SMILES string of the molecule is O=C([O-])CN(CC1CCCCC1N(CC(=O)[O-])CC(=O)O)C(=O)O.[Na+].[Na+]. The number of carbonyl (C=O) groups excluding carboxylic acids is 2. The van der Waals surface area contributed by atoms with Gasteiger partial charge in [-0.3, -0.25) is 9.69 Å². The van der Waals surface area contributed by atoms with Crippen molar-refractivity contribution in [2.75, 3.05) is 26.2 Å². The van der Waals surface area contributed by atoms with E-state index in [1.807, 2.05) is 0 Å². The summed E-state index contributed by atoms with van der Waals surface area (Å²) in [4.78, 5) is 45.6. The fraction of sp³-hybridized carbons (Fsp3) is 0.714. The van der Waals surface area contributed by atoms with Crippen molar-refractivity contribution >= 4 is 24.0 Å². The molecule has 1 amide bonds. The van der Waals surface area contributed by atoms with Crippen molar-refractivity contribution in [3.63, 3.8) is 0 Å². The maximum absolute atomic E-state index is 11.2. The van der Waals surface area contributed by atoms with Gasteiger partial charge in [0.2, 0.25) is 0 Å². The molecule has 0 heterocycles. The van der Waals surface area contributed by atoms with E-state index in [2.05, 4.69) is 0 Å². The first-order valence-corrected chi connectivity index (χ1v) is 7.54. The van der Waals surface area contributed by atoms with Gasteiger partial charge in [0.1, 0.15) is 0 Å². The normalized spacial score (nSPS) is 19.0. The molecule has 0 saturated heterocycles. The molecule has 1 rings (SSSR count). The van der Waals surface area contributed by atoms with Crippen LogP contribution in [-0.4, -0.2) is 76.2 Å². The van der Waals surface area contributed by atoms with Crippen molar-refractivity contribution in [1.29, 1.82) is 0 Å². The summed E-state index contributed by atoms with van der Waals surface area (Å²) in [7, 11) is 0. The van der Waals surface area contributed by atoms with Gasteiger partial charge in [-0.15, -0.1) is 0 Å². The van der Waals surface area contributed by atoms with Crippen molar-refractivity contribution in [2.45, 2.75) is 31.7 Å². The van der Waals surface area contributed by atoms with Gasteiger partial charge in [-0.1, -0.05) is 12.8 Å². The molecular weight excluding hydrogens is 370 g/mol. The minimum Gasteiger partial charge on any atom is -0.549 e. The summed E-state index contributed by atoms with van der Waals surface area (Å²) in [6.07, 6.45) is 1.15. The Labute approximate surface area is 195 Å². The molecule has 1 aliphatic rings. The average Bonchev–Trinajstić information content (AvgIpc) is 2.44. The molecule has 0 bridgehead atoms. The second-order valence-corrected chi connectivity index (χ2v) is 5.82. The number of carboxylic acids is 3. The van der Waals surface area contributed by atoms with Crippen molar-refractivity contribution in [3.8, 4) is 0 Å². The van der Waals surface area contributed by atoms with Gasteiger partial charge >= 0.3 is 71.2 Å². The van der Waals surface area contributed by atoms with Crippen LogP contribution in [0.5, 0.6) is 0 Å². The van der Waals surface area contributed by atoms with Crippen LogP contribution in [0.2, 0.25) is 0 Å². The number of rotatable bonds is 9. The maximum atomic E-state index is 11.2. The summed E-state index contributed by atoms with van der Waals surface area (Å²) < 4.78 is 0. The van der Waals surface area contributed by atoms with Gasteiger partial charge in [-0.05, 0) is 18.8 Å². The van der Waals surface area contributed by atoms with Crippen LogP contribution in [0.15, 0.2) is 0 Å². The van der Waals surface area contributed by atoms with Crippen LogP contribution in [0.1, 0.15) is 25.7 Å². The van der Waals surface area contributed by atoms with E-state index in [-0.39, 0.29) is 71.6 Å². The molecule has 12 heteroatoms. The zero-order chi connectivity index (χ0) is 18.3. The number of nitrogens with zero attached hydrogens (tertiary/aromatic N) is 2. The molecule has 2 N–H and O–H groups in total. The van der Waals surface area contributed by atoms with Gasteiger partial charge in [-0.2, -0.15) is 0 Å². The summed E-state index contributed by atoms with van der Waals surface area (Å²) in [5, 5.41) is 39.6. The summed E-state index contributed by atoms with van der Waals surface area (Å²) in [6, 6.07) is -0.476. The Kier molecular flexibility index (Phi) is 14.7. The van der Waals surface area contributed by atoms with E-state index in [0.717, 1.165) is 12.8 Å². The van der Waals surface area contributed by atoms with E-state index in [4.69, 9.17) is 10.2 Å². The summed E-state index contributed by atoms with van der Waals surface area (Å²) in [6.45, 7) is -2.02. The first kappa shape index (κ1) is 27.9. The van der Waals surface area contributed by atoms with E-state index in [0.29, 0.717) is 17.7 Å². The summed E-state index contributed by atoms with van der Waals surface area (Å²) in [5.74, 6) is -4.54. The van der Waals surface area contributed by atoms with Crippen LogP contribution in [0.25, 0.3) is 0 Å². The van der Waals surface area contributed by atoms with E-state index < -0.39 is 49.7 Å². The zero-order valence-electron chi connectivity index (χ0n) is 15.0. The predicted octanol–water partition coefficient (Wildman–Crippen LogP) is -8.58. The second kappa shape index (κ2) is 13.8. The van der Waals surface area contributed by atoms with Crippen molar-refractivity contribution < 1.29 is 98.7 Å². The Morgan fingerprint density at radius 2 is 1.42 bits per heavy atom. The van der Waals surface area contributed by atoms with E-state index >= 15 is 0 Å². The largest absolute Gasteiger partial charge is 1.00 e. The molecular formula is C14H20N2Na2O8. The third kappa shape index (κ3) is 10.1. The van der Waals surface area contributed by atoms with Crippen LogP contribution in [0.3, 0.4) is 0 Å². The topological polar surface area (TPSA) is 161 Å². The van der Waals surface area contributed by atoms with E-state index in [9.17, 15) is 29.4 Å². The van der Waals surface area contributed by atoms with Gasteiger partial charge in [-0.25, -0.2) is 4.79 Å². The maximum Gasteiger partial charge on any atom is 1.00 e. The Morgan fingerprint density at radius 3 is 1.88 bits per heavy atom. The third-order valence-corrected chi connectivity index (χ3v) is 4.05. The molecule has 0 aromatic heterocycles. The Bertz CT molecular complexity index is 489. The number of hydrogen-bond donors (Lipinski definition) is 2. The predicted molar refractivity (Wildman–Crippen MR) is 74.6 cm³/mol. The van der Waals surface area contributed by atoms with Crippen LogP contribution in [-0.2, 0) is 14.4 Å². The standard InChI is InChI=1S/C14H22N2O8.2Na/c17-11(18)6-15(7-12(19)20)10-4-2-1-3-9(10)5-16(14(23)24)8-13(21)22;;/h9-10H,1-8H2,(H,17,18)(H,19,20)(H,21,22)(H,23,24);;/q;2*+1/p-2. The molecule has 1 aliphatic carbocycles. The molecule has 2 unspecified atom stereocenters. The minimum absolute atomic E-state index is 0. The van der Waals surface area contributed by atoms with Crippen LogP contribution < -0.4 is 69.3 Å². The molecule has 0 aromatic carbocycles. The smallest absolute Gasteiger partial charge is 0.549 e. The van der Waals surface area contributed by atoms with E-state index in [1.165, 1.54) is 4.90 Å². The van der Waals surface area contributed by atoms with Crippen molar-refractivity contribution in [3.05, 3.63) is 0 Å².